The van der Waals surface area contributed by atoms with E-state index >= 15 is 0 Å². The molecule has 42 heavy (non-hydrogen) atoms. The average Bonchev–Trinajstić information content (AvgIpc) is 3.57. The Morgan fingerprint density at radius 3 is 2.60 bits per heavy atom. The van der Waals surface area contributed by atoms with Crippen molar-refractivity contribution in [1.29, 1.82) is 0 Å². The predicted octanol–water partition coefficient (Wildman–Crippen LogP) is 2.26. The van der Waals surface area contributed by atoms with Crippen LogP contribution in [0.15, 0.2) is 29.3 Å². The molecule has 3 aromatic rings. The van der Waals surface area contributed by atoms with Gasteiger partial charge in [0, 0.05) is 80.6 Å². The van der Waals surface area contributed by atoms with Crippen LogP contribution in [0, 0.1) is 0 Å². The zero-order chi connectivity index (χ0) is 28.9. The Bertz CT molecular complexity index is 1560. The molecule has 2 amide bonds. The number of ether oxygens (including phenoxy) is 1. The molecule has 16 heteroatoms. The number of amides is 2. The average molecular weight is 659 g/mol. The van der Waals surface area contributed by atoms with Crippen LogP contribution in [0.4, 0.5) is 0 Å². The smallest absolute Gasteiger partial charge is 0.283 e. The first-order valence-corrected chi connectivity index (χ1v) is 16.1. The molecule has 2 fully saturated rings. The third-order valence-corrected chi connectivity index (χ3v) is 11.0. The van der Waals surface area contributed by atoms with E-state index in [1.54, 1.807) is 34.1 Å². The monoisotopic (exact) mass is 657 g/mol. The summed E-state index contributed by atoms with van der Waals surface area (Å²) in [5.74, 6) is -0.399. The number of rotatable bonds is 5. The number of carbonyl (C=O) groups excluding carboxylic acids is 2. The van der Waals surface area contributed by atoms with Gasteiger partial charge in [-0.15, -0.1) is 23.7 Å². The molecular weight excluding hydrogens is 625 g/mol. The number of morpholine rings is 1. The van der Waals surface area contributed by atoms with Crippen molar-refractivity contribution in [2.24, 2.45) is 0 Å². The Hall–Kier alpha value is -2.30. The summed E-state index contributed by atoms with van der Waals surface area (Å²) >= 11 is 7.47. The summed E-state index contributed by atoms with van der Waals surface area (Å²) in [5.41, 5.74) is 1.53. The summed E-state index contributed by atoms with van der Waals surface area (Å²) in [6.45, 7) is 3.37. The van der Waals surface area contributed by atoms with Crippen LogP contribution in [-0.4, -0.2) is 120 Å². The highest BCUT2D eigenvalue weighted by Crippen LogP contribution is 2.30. The van der Waals surface area contributed by atoms with Crippen LogP contribution < -0.4 is 0 Å². The van der Waals surface area contributed by atoms with E-state index in [2.05, 4.69) is 15.0 Å². The van der Waals surface area contributed by atoms with Gasteiger partial charge >= 0.3 is 0 Å². The van der Waals surface area contributed by atoms with Crippen LogP contribution >= 0.6 is 35.3 Å². The minimum atomic E-state index is -3.93. The van der Waals surface area contributed by atoms with Crippen LogP contribution in [0.2, 0.25) is 5.02 Å². The molecule has 0 aliphatic carbocycles. The molecule has 1 atom stereocenters. The van der Waals surface area contributed by atoms with Crippen molar-refractivity contribution in [3.8, 4) is 0 Å². The maximum atomic E-state index is 13.8. The summed E-state index contributed by atoms with van der Waals surface area (Å²) in [6.07, 6.45) is 0.0106. The second-order valence-electron chi connectivity index (χ2n) is 10.6. The van der Waals surface area contributed by atoms with Gasteiger partial charge in [0.25, 0.3) is 15.9 Å². The molecule has 5 heterocycles. The fourth-order valence-electron chi connectivity index (χ4n) is 5.50. The van der Waals surface area contributed by atoms with Gasteiger partial charge in [0.1, 0.15) is 5.03 Å². The number of carbonyl (C=O) groups is 2. The highest BCUT2D eigenvalue weighted by molar-refractivity contribution is 7.89. The summed E-state index contributed by atoms with van der Waals surface area (Å²) in [5, 5.41) is 5.73. The minimum Gasteiger partial charge on any atom is -0.378 e. The molecule has 6 rings (SSSR count). The third kappa shape index (κ3) is 6.04. The molecule has 0 spiro atoms. The van der Waals surface area contributed by atoms with E-state index in [-0.39, 0.29) is 55.3 Å². The van der Waals surface area contributed by atoms with Crippen LogP contribution in [0.25, 0.3) is 10.9 Å². The molecule has 0 saturated carbocycles. The summed E-state index contributed by atoms with van der Waals surface area (Å²) < 4.78 is 34.2. The van der Waals surface area contributed by atoms with Gasteiger partial charge < -0.3 is 19.5 Å². The Kier molecular flexibility index (Phi) is 9.17. The number of benzene rings is 1. The number of H-pyrrole nitrogens is 1. The topological polar surface area (TPSA) is 122 Å². The van der Waals surface area contributed by atoms with Crippen molar-refractivity contribution in [1.82, 2.24) is 34.1 Å². The molecular formula is C26H33Cl2N7O5S2. The zero-order valence-electron chi connectivity index (χ0n) is 23.3. The highest BCUT2D eigenvalue weighted by Gasteiger charge is 2.40. The number of nitrogens with one attached hydrogen (secondary N) is 1. The Balaban J connectivity index is 0.00000353. The Morgan fingerprint density at radius 2 is 1.83 bits per heavy atom. The van der Waals surface area contributed by atoms with E-state index in [9.17, 15) is 18.0 Å². The van der Waals surface area contributed by atoms with Crippen molar-refractivity contribution < 1.29 is 22.7 Å². The van der Waals surface area contributed by atoms with Crippen molar-refractivity contribution in [3.63, 3.8) is 0 Å². The van der Waals surface area contributed by atoms with E-state index in [4.69, 9.17) is 16.3 Å². The largest absolute Gasteiger partial charge is 0.378 e. The van der Waals surface area contributed by atoms with Crippen molar-refractivity contribution in [2.45, 2.75) is 30.6 Å². The zero-order valence-corrected chi connectivity index (χ0v) is 26.5. The maximum Gasteiger partial charge on any atom is 0.283 e. The second kappa shape index (κ2) is 12.4. The molecule has 2 saturated heterocycles. The summed E-state index contributed by atoms with van der Waals surface area (Å²) in [7, 11) is 0.0248. The quantitative estimate of drug-likeness (QED) is 0.443. The molecule has 0 bridgehead atoms. The standard InChI is InChI=1S/C26H32ClN7O5S2.ClH/c1-30-15-21-22(16-31(30)2)40-25(29-21)26(36)34-6-5-33(14-19(34)13-24(35)32-7-9-39-10-8-32)41(37,38)23-12-17-11-18(27)3-4-20(17)28-23;/h3-4,11-12,19,28H,5-10,13-16H2,1-2H3;1H. The predicted molar refractivity (Wildman–Crippen MR) is 161 cm³/mol. The van der Waals surface area contributed by atoms with Gasteiger partial charge in [0.15, 0.2) is 5.01 Å². The second-order valence-corrected chi connectivity index (χ2v) is 14.0. The summed E-state index contributed by atoms with van der Waals surface area (Å²) in [4.78, 5) is 39.2. The number of hydrazine groups is 1. The molecule has 228 valence electrons. The number of hydrogen-bond donors (Lipinski definition) is 1. The van der Waals surface area contributed by atoms with Gasteiger partial charge in [0.2, 0.25) is 5.91 Å². The number of aromatic amines is 1. The van der Waals surface area contributed by atoms with Crippen LogP contribution in [0.1, 0.15) is 26.8 Å². The highest BCUT2D eigenvalue weighted by atomic mass is 35.5. The number of nitrogens with zero attached hydrogens (tertiary/aromatic N) is 6. The lowest BCUT2D eigenvalue weighted by molar-refractivity contribution is -0.136. The van der Waals surface area contributed by atoms with Gasteiger partial charge in [-0.2, -0.15) is 4.31 Å². The third-order valence-electron chi connectivity index (χ3n) is 7.95. The van der Waals surface area contributed by atoms with Crippen molar-refractivity contribution in [2.75, 3.05) is 60.0 Å². The number of halogens is 2. The maximum absolute atomic E-state index is 13.8. The number of hydrogen-bond acceptors (Lipinski definition) is 9. The number of aromatic nitrogens is 2. The lowest BCUT2D eigenvalue weighted by Crippen LogP contribution is -2.58. The van der Waals surface area contributed by atoms with Gasteiger partial charge in [-0.05, 0) is 24.3 Å². The first-order valence-electron chi connectivity index (χ1n) is 13.5. The number of sulfonamides is 1. The normalized spacial score (nSPS) is 20.9. The molecule has 3 aliphatic heterocycles. The molecule has 3 aliphatic rings. The van der Waals surface area contributed by atoms with E-state index in [0.29, 0.717) is 60.3 Å². The van der Waals surface area contributed by atoms with Gasteiger partial charge in [-0.25, -0.2) is 23.4 Å². The molecule has 1 unspecified atom stereocenters. The van der Waals surface area contributed by atoms with Crippen LogP contribution in [0.3, 0.4) is 0 Å². The lowest BCUT2D eigenvalue weighted by Gasteiger charge is -2.41. The van der Waals surface area contributed by atoms with Crippen LogP contribution in [0.5, 0.6) is 0 Å². The van der Waals surface area contributed by atoms with E-state index < -0.39 is 16.1 Å². The van der Waals surface area contributed by atoms with Crippen LogP contribution in [-0.2, 0) is 32.6 Å². The van der Waals surface area contributed by atoms with Gasteiger partial charge in [0.05, 0.1) is 31.5 Å². The summed E-state index contributed by atoms with van der Waals surface area (Å²) in [6, 6.07) is 6.05. The fraction of sp³-hybridized carbons (Fsp3) is 0.500. The first-order chi connectivity index (χ1) is 19.6. The Labute approximate surface area is 259 Å². The molecule has 0 radical (unpaired) electrons. The van der Waals surface area contributed by atoms with E-state index in [1.807, 2.05) is 19.1 Å². The lowest BCUT2D eigenvalue weighted by atomic mass is 10.1. The number of piperazine rings is 1. The van der Waals surface area contributed by atoms with Crippen molar-refractivity contribution in [3.05, 3.63) is 44.9 Å². The van der Waals surface area contributed by atoms with Crippen molar-refractivity contribution >= 4 is 68.1 Å². The SMILES string of the molecule is CN1Cc2nc(C(=O)N3CCN(S(=O)(=O)c4cc5cc(Cl)ccc5[nH]4)CC3CC(=O)N3CCOCC3)sc2CN1C.Cl. The fourth-order valence-corrected chi connectivity index (χ4v) is 8.23. The molecule has 1 N–H and O–H groups in total. The van der Waals surface area contributed by atoms with E-state index in [1.165, 1.54) is 15.6 Å². The molecule has 1 aromatic carbocycles. The molecule has 2 aromatic heterocycles. The Morgan fingerprint density at radius 1 is 1.10 bits per heavy atom. The minimum absolute atomic E-state index is 0. The van der Waals surface area contributed by atoms with Gasteiger partial charge in [-0.3, -0.25) is 9.59 Å². The molecule has 12 nitrogen and oxygen atoms in total. The number of thiazole rings is 1. The van der Waals surface area contributed by atoms with Gasteiger partial charge in [-0.1, -0.05) is 11.6 Å². The van der Waals surface area contributed by atoms with E-state index in [0.717, 1.165) is 10.6 Å². The first kappa shape index (κ1) is 31.1. The number of fused-ring (bicyclic) bond motifs is 2.